The summed E-state index contributed by atoms with van der Waals surface area (Å²) < 4.78 is 43.4. The van der Waals surface area contributed by atoms with E-state index in [0.717, 1.165) is 0 Å². The molecule has 2 aliphatic rings. The maximum Gasteiger partial charge on any atom is 0.404 e. The molecule has 3 atom stereocenters. The highest BCUT2D eigenvalue weighted by Gasteiger charge is 2.46. The zero-order chi connectivity index (χ0) is 14.8. The molecule has 1 N–H and O–H groups in total. The highest BCUT2D eigenvalue weighted by Crippen LogP contribution is 2.33. The largest absolute Gasteiger partial charge is 0.469 e. The van der Waals surface area contributed by atoms with Gasteiger partial charge in [-0.3, -0.25) is 9.69 Å². The van der Waals surface area contributed by atoms with E-state index in [1.54, 1.807) is 0 Å². The molecule has 2 aliphatic heterocycles. The van der Waals surface area contributed by atoms with Gasteiger partial charge in [0.15, 0.2) is 0 Å². The maximum absolute atomic E-state index is 12.9. The molecule has 0 bridgehead atoms. The average Bonchev–Trinajstić information content (AvgIpc) is 2.86. The Kier molecular flexibility index (Phi) is 4.90. The topological polar surface area (TPSA) is 41.6 Å². The number of carbonyl (C=O) groups excluding carboxylic acids is 1. The molecule has 0 spiro atoms. The third kappa shape index (κ3) is 3.63. The Morgan fingerprint density at radius 3 is 2.80 bits per heavy atom. The second kappa shape index (κ2) is 6.30. The first-order chi connectivity index (χ1) is 9.41. The van der Waals surface area contributed by atoms with Crippen molar-refractivity contribution in [2.75, 3.05) is 26.7 Å². The Balaban J connectivity index is 1.91. The van der Waals surface area contributed by atoms with E-state index in [9.17, 15) is 18.0 Å². The van der Waals surface area contributed by atoms with Gasteiger partial charge in [0.1, 0.15) is 6.04 Å². The number of hydrogen-bond acceptors (Lipinski definition) is 4. The minimum atomic E-state index is -4.16. The summed E-state index contributed by atoms with van der Waals surface area (Å²) in [5, 5.41) is 3.21. The van der Waals surface area contributed by atoms with Crippen molar-refractivity contribution in [3.63, 3.8) is 0 Å². The highest BCUT2D eigenvalue weighted by atomic mass is 19.4. The van der Waals surface area contributed by atoms with Gasteiger partial charge in [0.05, 0.1) is 13.0 Å². The highest BCUT2D eigenvalue weighted by molar-refractivity contribution is 5.72. The number of nitrogens with one attached hydrogen (secondary N) is 1. The van der Waals surface area contributed by atoms with Gasteiger partial charge >= 0.3 is 12.1 Å². The van der Waals surface area contributed by atoms with Gasteiger partial charge in [-0.1, -0.05) is 0 Å². The monoisotopic (exact) mass is 294 g/mol. The molecule has 2 saturated heterocycles. The van der Waals surface area contributed by atoms with E-state index >= 15 is 0 Å². The summed E-state index contributed by atoms with van der Waals surface area (Å²) in [7, 11) is 1.35. The summed E-state index contributed by atoms with van der Waals surface area (Å²) in [6.07, 6.45) is -2.17. The number of likely N-dealkylation sites (tertiary alicyclic amines) is 1. The predicted octanol–water partition coefficient (Wildman–Crippen LogP) is 1.55. The molecule has 0 aromatic heterocycles. The average molecular weight is 294 g/mol. The molecule has 7 heteroatoms. The van der Waals surface area contributed by atoms with Crippen molar-refractivity contribution in [3.05, 3.63) is 0 Å². The number of halogens is 3. The smallest absolute Gasteiger partial charge is 0.404 e. The van der Waals surface area contributed by atoms with E-state index in [1.165, 1.54) is 12.0 Å². The Morgan fingerprint density at radius 2 is 2.15 bits per heavy atom. The van der Waals surface area contributed by atoms with Gasteiger partial charge < -0.3 is 10.1 Å². The van der Waals surface area contributed by atoms with Crippen molar-refractivity contribution in [2.45, 2.75) is 43.9 Å². The van der Waals surface area contributed by atoms with Crippen LogP contribution in [0.3, 0.4) is 0 Å². The van der Waals surface area contributed by atoms with Gasteiger partial charge in [-0.15, -0.1) is 0 Å². The molecule has 0 unspecified atom stereocenters. The minimum Gasteiger partial charge on any atom is -0.469 e. The van der Waals surface area contributed by atoms with Crippen LogP contribution < -0.4 is 5.32 Å². The molecule has 116 valence electrons. The summed E-state index contributed by atoms with van der Waals surface area (Å²) >= 11 is 0. The summed E-state index contributed by atoms with van der Waals surface area (Å²) in [6.45, 7) is 1.47. The Bertz CT molecular complexity index is 349. The molecule has 0 aromatic carbocycles. The van der Waals surface area contributed by atoms with E-state index < -0.39 is 12.2 Å². The fourth-order valence-electron chi connectivity index (χ4n) is 3.22. The lowest BCUT2D eigenvalue weighted by Crippen LogP contribution is -2.51. The third-order valence-electron chi connectivity index (χ3n) is 4.23. The molecule has 0 radical (unpaired) electrons. The zero-order valence-electron chi connectivity index (χ0n) is 11.6. The zero-order valence-corrected chi connectivity index (χ0v) is 11.6. The lowest BCUT2D eigenvalue weighted by Gasteiger charge is -2.34. The van der Waals surface area contributed by atoms with Crippen LogP contribution in [-0.2, 0) is 9.53 Å². The standard InChI is InChI=1S/C13H21F3N2O2/c1-20-12(19)9-4-5-17-10(7-9)8-18-6-2-3-11(18)13(14,15)16/h9-11,17H,2-8H2,1H3/t9-,10+,11+/m0/s1. The van der Waals surface area contributed by atoms with Crippen LogP contribution in [0.5, 0.6) is 0 Å². The van der Waals surface area contributed by atoms with Crippen LogP contribution >= 0.6 is 0 Å². The number of rotatable bonds is 3. The Labute approximate surface area is 116 Å². The number of alkyl halides is 3. The number of hydrogen-bond donors (Lipinski definition) is 1. The lowest BCUT2D eigenvalue weighted by molar-refractivity contribution is -0.177. The van der Waals surface area contributed by atoms with E-state index in [0.29, 0.717) is 38.9 Å². The van der Waals surface area contributed by atoms with Gasteiger partial charge in [-0.25, -0.2) is 0 Å². The predicted molar refractivity (Wildman–Crippen MR) is 67.2 cm³/mol. The van der Waals surface area contributed by atoms with Crippen molar-refractivity contribution in [1.82, 2.24) is 10.2 Å². The molecule has 2 fully saturated rings. The van der Waals surface area contributed by atoms with Gasteiger partial charge in [0.2, 0.25) is 0 Å². The first-order valence-electron chi connectivity index (χ1n) is 7.03. The van der Waals surface area contributed by atoms with Crippen LogP contribution in [0.1, 0.15) is 25.7 Å². The fourth-order valence-corrected chi connectivity index (χ4v) is 3.22. The van der Waals surface area contributed by atoms with Crippen molar-refractivity contribution in [2.24, 2.45) is 5.92 Å². The molecular weight excluding hydrogens is 273 g/mol. The van der Waals surface area contributed by atoms with Crippen LogP contribution in [0.25, 0.3) is 0 Å². The van der Waals surface area contributed by atoms with Gasteiger partial charge in [0, 0.05) is 12.6 Å². The number of esters is 1. The van der Waals surface area contributed by atoms with Gasteiger partial charge in [-0.2, -0.15) is 13.2 Å². The first kappa shape index (κ1) is 15.6. The van der Waals surface area contributed by atoms with Crippen LogP contribution in [0, 0.1) is 5.92 Å². The van der Waals surface area contributed by atoms with Crippen LogP contribution in [-0.4, -0.2) is 55.9 Å². The summed E-state index contributed by atoms with van der Waals surface area (Å²) in [5.74, 6) is -0.455. The van der Waals surface area contributed by atoms with Crippen molar-refractivity contribution in [1.29, 1.82) is 0 Å². The summed E-state index contributed by atoms with van der Waals surface area (Å²) in [6, 6.07) is -1.40. The minimum absolute atomic E-state index is 0.0733. The van der Waals surface area contributed by atoms with E-state index in [4.69, 9.17) is 4.74 Å². The van der Waals surface area contributed by atoms with E-state index in [-0.39, 0.29) is 24.3 Å². The first-order valence-corrected chi connectivity index (χ1v) is 7.03. The molecule has 0 amide bonds. The van der Waals surface area contributed by atoms with Crippen molar-refractivity contribution in [3.8, 4) is 0 Å². The quantitative estimate of drug-likeness (QED) is 0.802. The number of piperidine rings is 1. The van der Waals surface area contributed by atoms with Crippen LogP contribution in [0.2, 0.25) is 0 Å². The van der Waals surface area contributed by atoms with Crippen molar-refractivity contribution < 1.29 is 22.7 Å². The molecular formula is C13H21F3N2O2. The summed E-state index contributed by atoms with van der Waals surface area (Å²) in [4.78, 5) is 13.0. The Hall–Kier alpha value is -0.820. The number of nitrogens with zero attached hydrogens (tertiary/aromatic N) is 1. The van der Waals surface area contributed by atoms with Gasteiger partial charge in [0.25, 0.3) is 0 Å². The molecule has 0 saturated carbocycles. The van der Waals surface area contributed by atoms with Crippen LogP contribution in [0.4, 0.5) is 13.2 Å². The summed E-state index contributed by atoms with van der Waals surface area (Å²) in [5.41, 5.74) is 0. The second-order valence-corrected chi connectivity index (χ2v) is 5.59. The lowest BCUT2D eigenvalue weighted by atomic mass is 9.92. The molecule has 0 aliphatic carbocycles. The normalized spacial score (nSPS) is 32.3. The number of ether oxygens (including phenoxy) is 1. The van der Waals surface area contributed by atoms with E-state index in [1.807, 2.05) is 0 Å². The van der Waals surface area contributed by atoms with Crippen LogP contribution in [0.15, 0.2) is 0 Å². The third-order valence-corrected chi connectivity index (χ3v) is 4.23. The Morgan fingerprint density at radius 1 is 1.40 bits per heavy atom. The molecule has 4 nitrogen and oxygen atoms in total. The van der Waals surface area contributed by atoms with Gasteiger partial charge in [-0.05, 0) is 38.8 Å². The molecule has 2 rings (SSSR count). The molecule has 20 heavy (non-hydrogen) atoms. The molecule has 0 aromatic rings. The number of methoxy groups -OCH3 is 1. The van der Waals surface area contributed by atoms with E-state index in [2.05, 4.69) is 5.32 Å². The molecule has 2 heterocycles. The second-order valence-electron chi connectivity index (χ2n) is 5.59. The maximum atomic E-state index is 12.9. The number of carbonyl (C=O) groups is 1. The SMILES string of the molecule is COC(=O)[C@H]1CCN[C@@H](CN2CCC[C@@H]2C(F)(F)F)C1. The van der Waals surface area contributed by atoms with Crippen molar-refractivity contribution >= 4 is 5.97 Å². The fraction of sp³-hybridized carbons (Fsp3) is 0.923.